The minimum atomic E-state index is 0. The Morgan fingerprint density at radius 3 is 2.28 bits per heavy atom. The first-order valence-electron chi connectivity index (χ1n) is 6.03. The van der Waals surface area contributed by atoms with Gasteiger partial charge in [-0.2, -0.15) is 0 Å². The van der Waals surface area contributed by atoms with Crippen molar-refractivity contribution in [2.24, 2.45) is 5.92 Å². The molecule has 0 spiro atoms. The summed E-state index contributed by atoms with van der Waals surface area (Å²) in [5.41, 5.74) is 1.19. The van der Waals surface area contributed by atoms with E-state index in [1.807, 2.05) is 30.1 Å². The summed E-state index contributed by atoms with van der Waals surface area (Å²) >= 11 is 0. The largest absolute Gasteiger partial charge is 0.337 e. The van der Waals surface area contributed by atoms with Gasteiger partial charge in [-0.3, -0.25) is 4.79 Å². The third-order valence-corrected chi connectivity index (χ3v) is 2.91. The van der Waals surface area contributed by atoms with Crippen molar-refractivity contribution >= 4 is 18.3 Å². The molecule has 0 fully saturated rings. The zero-order valence-electron chi connectivity index (χ0n) is 11.5. The molecule has 1 aromatic rings. The van der Waals surface area contributed by atoms with Crippen molar-refractivity contribution in [3.8, 4) is 0 Å². The first-order valence-corrected chi connectivity index (χ1v) is 6.03. The van der Waals surface area contributed by atoms with Gasteiger partial charge < -0.3 is 10.2 Å². The van der Waals surface area contributed by atoms with Crippen LogP contribution in [0.3, 0.4) is 0 Å². The fourth-order valence-electron chi connectivity index (χ4n) is 2.14. The maximum Gasteiger partial charge on any atom is 0.236 e. The van der Waals surface area contributed by atoms with Gasteiger partial charge in [0.2, 0.25) is 5.91 Å². The Balaban J connectivity index is 0.00000289. The Morgan fingerprint density at radius 1 is 1.28 bits per heavy atom. The van der Waals surface area contributed by atoms with Crippen LogP contribution in [0.1, 0.15) is 25.5 Å². The summed E-state index contributed by atoms with van der Waals surface area (Å²) in [5, 5.41) is 2.90. The molecule has 0 aliphatic rings. The van der Waals surface area contributed by atoms with E-state index in [9.17, 15) is 4.79 Å². The van der Waals surface area contributed by atoms with Gasteiger partial charge >= 0.3 is 0 Å². The van der Waals surface area contributed by atoms with Crippen LogP contribution in [0.25, 0.3) is 0 Å². The first kappa shape index (κ1) is 16.9. The number of carbonyl (C=O) groups excluding carboxylic acids is 1. The normalized spacial score (nSPS) is 11.8. The summed E-state index contributed by atoms with van der Waals surface area (Å²) in [7, 11) is 3.66. The number of rotatable bonds is 5. The quantitative estimate of drug-likeness (QED) is 0.892. The van der Waals surface area contributed by atoms with E-state index >= 15 is 0 Å². The van der Waals surface area contributed by atoms with E-state index < -0.39 is 0 Å². The molecule has 0 saturated carbocycles. The van der Waals surface area contributed by atoms with E-state index in [0.29, 0.717) is 12.5 Å². The predicted octanol–water partition coefficient (Wildman–Crippen LogP) is 2.48. The second-order valence-electron chi connectivity index (χ2n) is 4.63. The van der Waals surface area contributed by atoms with Crippen molar-refractivity contribution in [1.82, 2.24) is 10.2 Å². The molecule has 1 aromatic carbocycles. The van der Waals surface area contributed by atoms with Crippen molar-refractivity contribution in [2.45, 2.75) is 19.9 Å². The number of amides is 1. The lowest BCUT2D eigenvalue weighted by atomic mass is 9.94. The fraction of sp³-hybridized carbons (Fsp3) is 0.500. The number of halogens is 1. The van der Waals surface area contributed by atoms with Gasteiger partial charge in [-0.15, -0.1) is 12.4 Å². The van der Waals surface area contributed by atoms with Crippen LogP contribution in [0, 0.1) is 5.92 Å². The molecule has 1 amide bonds. The molecule has 18 heavy (non-hydrogen) atoms. The van der Waals surface area contributed by atoms with Gasteiger partial charge in [0.05, 0.1) is 12.6 Å². The average molecular weight is 271 g/mol. The van der Waals surface area contributed by atoms with E-state index in [4.69, 9.17) is 0 Å². The van der Waals surface area contributed by atoms with E-state index in [-0.39, 0.29) is 24.4 Å². The van der Waals surface area contributed by atoms with Gasteiger partial charge in [-0.25, -0.2) is 0 Å². The van der Waals surface area contributed by atoms with Crippen molar-refractivity contribution < 1.29 is 4.79 Å². The van der Waals surface area contributed by atoms with Crippen LogP contribution in [0.2, 0.25) is 0 Å². The summed E-state index contributed by atoms with van der Waals surface area (Å²) < 4.78 is 0. The minimum Gasteiger partial charge on any atom is -0.337 e. The second kappa shape index (κ2) is 8.11. The average Bonchev–Trinajstić information content (AvgIpc) is 2.30. The first-order chi connectivity index (χ1) is 8.07. The van der Waals surface area contributed by atoms with Gasteiger partial charge in [-0.1, -0.05) is 44.2 Å². The lowest BCUT2D eigenvalue weighted by Gasteiger charge is -2.31. The molecule has 0 aliphatic heterocycles. The third kappa shape index (κ3) is 4.31. The van der Waals surface area contributed by atoms with Crippen LogP contribution >= 0.6 is 12.4 Å². The summed E-state index contributed by atoms with van der Waals surface area (Å²) in [6, 6.07) is 10.3. The lowest BCUT2D eigenvalue weighted by molar-refractivity contribution is -0.131. The van der Waals surface area contributed by atoms with Crippen molar-refractivity contribution in [3.05, 3.63) is 35.9 Å². The highest BCUT2D eigenvalue weighted by Crippen LogP contribution is 2.27. The Hall–Kier alpha value is -1.06. The van der Waals surface area contributed by atoms with Crippen LogP contribution in [-0.2, 0) is 4.79 Å². The monoisotopic (exact) mass is 270 g/mol. The zero-order valence-corrected chi connectivity index (χ0v) is 12.3. The van der Waals surface area contributed by atoms with Crippen LogP contribution in [0.4, 0.5) is 0 Å². The second-order valence-corrected chi connectivity index (χ2v) is 4.63. The van der Waals surface area contributed by atoms with E-state index in [0.717, 1.165) is 0 Å². The summed E-state index contributed by atoms with van der Waals surface area (Å²) in [5.74, 6) is 0.512. The minimum absolute atomic E-state index is 0. The van der Waals surface area contributed by atoms with Gasteiger partial charge in [0.1, 0.15) is 0 Å². The summed E-state index contributed by atoms with van der Waals surface area (Å²) in [4.78, 5) is 13.8. The molecule has 0 radical (unpaired) electrons. The Kier molecular flexibility index (Phi) is 7.64. The Morgan fingerprint density at radius 2 is 1.83 bits per heavy atom. The van der Waals surface area contributed by atoms with Gasteiger partial charge in [0.25, 0.3) is 0 Å². The summed E-state index contributed by atoms with van der Waals surface area (Å²) in [6.45, 7) is 4.66. The highest BCUT2D eigenvalue weighted by Gasteiger charge is 2.23. The molecule has 0 aliphatic carbocycles. The predicted molar refractivity (Wildman–Crippen MR) is 78.0 cm³/mol. The van der Waals surface area contributed by atoms with E-state index in [1.165, 1.54) is 5.56 Å². The van der Waals surface area contributed by atoms with E-state index in [2.05, 4.69) is 31.3 Å². The Bertz CT molecular complexity index is 354. The molecule has 0 bridgehead atoms. The zero-order chi connectivity index (χ0) is 12.8. The molecule has 0 aromatic heterocycles. The summed E-state index contributed by atoms with van der Waals surface area (Å²) in [6.07, 6.45) is 0. The van der Waals surface area contributed by atoms with Crippen LogP contribution < -0.4 is 5.32 Å². The standard InChI is InChI=1S/C14H22N2O.ClH/c1-11(2)14(12-8-6-5-7-9-12)16(4)13(17)10-15-3;/h5-9,11,14-15H,10H2,1-4H3;1H. The number of likely N-dealkylation sites (N-methyl/N-ethyl adjacent to an activating group) is 2. The molecular formula is C14H23ClN2O. The van der Waals surface area contributed by atoms with Crippen molar-refractivity contribution in [2.75, 3.05) is 20.6 Å². The third-order valence-electron chi connectivity index (χ3n) is 2.91. The number of nitrogens with zero attached hydrogens (tertiary/aromatic N) is 1. The molecule has 4 heteroatoms. The number of benzene rings is 1. The number of nitrogens with one attached hydrogen (secondary N) is 1. The number of hydrogen-bond donors (Lipinski definition) is 1. The van der Waals surface area contributed by atoms with Gasteiger partial charge in [-0.05, 0) is 18.5 Å². The number of hydrogen-bond acceptors (Lipinski definition) is 2. The topological polar surface area (TPSA) is 32.3 Å². The molecular weight excluding hydrogens is 248 g/mol. The van der Waals surface area contributed by atoms with Gasteiger partial charge in [0.15, 0.2) is 0 Å². The molecule has 1 unspecified atom stereocenters. The highest BCUT2D eigenvalue weighted by molar-refractivity contribution is 5.85. The smallest absolute Gasteiger partial charge is 0.236 e. The van der Waals surface area contributed by atoms with Crippen molar-refractivity contribution in [3.63, 3.8) is 0 Å². The molecule has 1 rings (SSSR count). The molecule has 0 heterocycles. The van der Waals surface area contributed by atoms with Crippen LogP contribution in [0.5, 0.6) is 0 Å². The Labute approximate surface area is 116 Å². The molecule has 3 nitrogen and oxygen atoms in total. The number of carbonyl (C=O) groups is 1. The van der Waals surface area contributed by atoms with Crippen LogP contribution in [0.15, 0.2) is 30.3 Å². The molecule has 102 valence electrons. The van der Waals surface area contributed by atoms with E-state index in [1.54, 1.807) is 7.05 Å². The molecule has 1 atom stereocenters. The van der Waals surface area contributed by atoms with Gasteiger partial charge in [0, 0.05) is 7.05 Å². The lowest BCUT2D eigenvalue weighted by Crippen LogP contribution is -2.38. The maximum absolute atomic E-state index is 11.9. The molecule has 1 N–H and O–H groups in total. The maximum atomic E-state index is 11.9. The molecule has 0 saturated heterocycles. The highest BCUT2D eigenvalue weighted by atomic mass is 35.5. The fourth-order valence-corrected chi connectivity index (χ4v) is 2.14. The van der Waals surface area contributed by atoms with Crippen molar-refractivity contribution in [1.29, 1.82) is 0 Å². The SMILES string of the molecule is CNCC(=O)N(C)C(c1ccccc1)C(C)C.Cl. The van der Waals surface area contributed by atoms with Crippen LogP contribution in [-0.4, -0.2) is 31.4 Å².